The van der Waals surface area contributed by atoms with Crippen LogP contribution in [0.3, 0.4) is 0 Å². The summed E-state index contributed by atoms with van der Waals surface area (Å²) in [6.45, 7) is 8.64. The predicted octanol–water partition coefficient (Wildman–Crippen LogP) is 1.02. The Hall–Kier alpha value is -1.05. The molecule has 0 atom stereocenters. The highest BCUT2D eigenvalue weighted by atomic mass is 16.6. The third kappa shape index (κ3) is 6.04. The van der Waals surface area contributed by atoms with Crippen molar-refractivity contribution in [3.63, 3.8) is 0 Å². The molecule has 0 radical (unpaired) electrons. The molecule has 18 heavy (non-hydrogen) atoms. The normalized spacial score (nSPS) is 18.3. The van der Waals surface area contributed by atoms with Crippen LogP contribution in [0.25, 0.3) is 0 Å². The average Bonchev–Trinajstić information content (AvgIpc) is 2.26. The van der Waals surface area contributed by atoms with Gasteiger partial charge < -0.3 is 10.1 Å². The van der Waals surface area contributed by atoms with Crippen molar-refractivity contribution in [2.45, 2.75) is 45.3 Å². The van der Waals surface area contributed by atoms with Crippen molar-refractivity contribution in [1.82, 2.24) is 10.2 Å². The van der Waals surface area contributed by atoms with Crippen molar-refractivity contribution in [3.8, 4) is 12.3 Å². The molecule has 1 rings (SSSR count). The maximum Gasteiger partial charge on any atom is 0.320 e. The number of hydrogen-bond donors (Lipinski definition) is 1. The van der Waals surface area contributed by atoms with Crippen LogP contribution >= 0.6 is 0 Å². The third-order valence-corrected chi connectivity index (χ3v) is 2.86. The van der Waals surface area contributed by atoms with E-state index in [1.165, 1.54) is 0 Å². The molecular formula is C14H24N2O2. The van der Waals surface area contributed by atoms with E-state index in [4.69, 9.17) is 11.2 Å². The van der Waals surface area contributed by atoms with Gasteiger partial charge in [0.25, 0.3) is 0 Å². The van der Waals surface area contributed by atoms with Crippen molar-refractivity contribution in [1.29, 1.82) is 0 Å². The molecule has 0 saturated carbocycles. The van der Waals surface area contributed by atoms with E-state index in [1.807, 2.05) is 20.8 Å². The van der Waals surface area contributed by atoms with E-state index in [1.54, 1.807) is 0 Å². The first-order valence-electron chi connectivity index (χ1n) is 6.52. The number of piperidine rings is 1. The summed E-state index contributed by atoms with van der Waals surface area (Å²) in [6.07, 6.45) is 7.35. The van der Waals surface area contributed by atoms with Gasteiger partial charge in [-0.25, -0.2) is 0 Å². The summed E-state index contributed by atoms with van der Waals surface area (Å²) in [7, 11) is 0. The fourth-order valence-electron chi connectivity index (χ4n) is 2.03. The molecule has 0 spiro atoms. The summed E-state index contributed by atoms with van der Waals surface area (Å²) in [5.74, 6) is 2.47. The first-order valence-corrected chi connectivity index (χ1v) is 6.52. The molecular weight excluding hydrogens is 228 g/mol. The predicted molar refractivity (Wildman–Crippen MR) is 72.1 cm³/mol. The molecule has 4 heteroatoms. The SMILES string of the molecule is C#CCN1CCC(NCC(=O)OC(C)(C)C)CC1. The highest BCUT2D eigenvalue weighted by Crippen LogP contribution is 2.10. The lowest BCUT2D eigenvalue weighted by molar-refractivity contribution is -0.153. The quantitative estimate of drug-likeness (QED) is 0.599. The van der Waals surface area contributed by atoms with Gasteiger partial charge in [-0.3, -0.25) is 9.69 Å². The van der Waals surface area contributed by atoms with Crippen LogP contribution in [0.5, 0.6) is 0 Å². The summed E-state index contributed by atoms with van der Waals surface area (Å²) in [6, 6.07) is 0.395. The van der Waals surface area contributed by atoms with Crippen LogP contribution in [-0.2, 0) is 9.53 Å². The van der Waals surface area contributed by atoms with E-state index in [0.29, 0.717) is 6.04 Å². The first-order chi connectivity index (χ1) is 8.40. The highest BCUT2D eigenvalue weighted by Gasteiger charge is 2.20. The van der Waals surface area contributed by atoms with E-state index in [0.717, 1.165) is 32.5 Å². The van der Waals surface area contributed by atoms with Crippen LogP contribution in [0, 0.1) is 12.3 Å². The van der Waals surface area contributed by atoms with E-state index >= 15 is 0 Å². The lowest BCUT2D eigenvalue weighted by Gasteiger charge is -2.31. The minimum Gasteiger partial charge on any atom is -0.459 e. The summed E-state index contributed by atoms with van der Waals surface area (Å²) < 4.78 is 5.25. The summed E-state index contributed by atoms with van der Waals surface area (Å²) in [4.78, 5) is 13.8. The van der Waals surface area contributed by atoms with Gasteiger partial charge in [-0.05, 0) is 33.6 Å². The van der Waals surface area contributed by atoms with Crippen LogP contribution < -0.4 is 5.32 Å². The van der Waals surface area contributed by atoms with Gasteiger partial charge in [0.15, 0.2) is 0 Å². The Morgan fingerprint density at radius 3 is 2.56 bits per heavy atom. The van der Waals surface area contributed by atoms with Crippen LogP contribution in [0.4, 0.5) is 0 Å². The smallest absolute Gasteiger partial charge is 0.320 e. The fourth-order valence-corrected chi connectivity index (χ4v) is 2.03. The zero-order chi connectivity index (χ0) is 13.6. The van der Waals surface area contributed by atoms with Gasteiger partial charge >= 0.3 is 5.97 Å². The van der Waals surface area contributed by atoms with Crippen LogP contribution in [0.15, 0.2) is 0 Å². The van der Waals surface area contributed by atoms with E-state index in [9.17, 15) is 4.79 Å². The van der Waals surface area contributed by atoms with Crippen molar-refractivity contribution in [2.24, 2.45) is 0 Å². The molecule has 0 aromatic rings. The molecule has 0 amide bonds. The number of ether oxygens (including phenoxy) is 1. The van der Waals surface area contributed by atoms with Crippen LogP contribution in [0.2, 0.25) is 0 Å². The zero-order valence-electron chi connectivity index (χ0n) is 11.7. The molecule has 1 fully saturated rings. The minimum absolute atomic E-state index is 0.187. The van der Waals surface area contributed by atoms with Gasteiger partial charge in [-0.1, -0.05) is 5.92 Å². The number of likely N-dealkylation sites (tertiary alicyclic amines) is 1. The summed E-state index contributed by atoms with van der Waals surface area (Å²) in [5.41, 5.74) is -0.408. The van der Waals surface area contributed by atoms with Gasteiger partial charge in [0, 0.05) is 19.1 Å². The Kier molecular flexibility index (Phi) is 5.64. The van der Waals surface area contributed by atoms with Crippen molar-refractivity contribution in [2.75, 3.05) is 26.2 Å². The number of carbonyl (C=O) groups excluding carboxylic acids is 1. The lowest BCUT2D eigenvalue weighted by Crippen LogP contribution is -2.44. The Morgan fingerprint density at radius 1 is 1.44 bits per heavy atom. The maximum absolute atomic E-state index is 11.5. The molecule has 1 aliphatic rings. The standard InChI is InChI=1S/C14H24N2O2/c1-5-8-16-9-6-12(7-10-16)15-11-13(17)18-14(2,3)4/h1,12,15H,6-11H2,2-4H3. The number of rotatable bonds is 4. The van der Waals surface area contributed by atoms with Crippen LogP contribution in [-0.4, -0.2) is 48.7 Å². The van der Waals surface area contributed by atoms with Gasteiger partial charge in [-0.2, -0.15) is 0 Å². The Balaban J connectivity index is 2.18. The van der Waals surface area contributed by atoms with Gasteiger partial charge in [-0.15, -0.1) is 6.42 Å². The monoisotopic (exact) mass is 252 g/mol. The lowest BCUT2D eigenvalue weighted by atomic mass is 10.1. The molecule has 0 aromatic carbocycles. The fraction of sp³-hybridized carbons (Fsp3) is 0.786. The second kappa shape index (κ2) is 6.77. The molecule has 1 aliphatic heterocycles. The zero-order valence-corrected chi connectivity index (χ0v) is 11.7. The molecule has 102 valence electrons. The van der Waals surface area contributed by atoms with Crippen LogP contribution in [0.1, 0.15) is 33.6 Å². The van der Waals surface area contributed by atoms with E-state index in [2.05, 4.69) is 16.1 Å². The largest absolute Gasteiger partial charge is 0.459 e. The molecule has 0 aromatic heterocycles. The molecule has 1 N–H and O–H groups in total. The average molecular weight is 252 g/mol. The summed E-state index contributed by atoms with van der Waals surface area (Å²) in [5, 5.41) is 3.25. The molecule has 1 heterocycles. The maximum atomic E-state index is 11.5. The number of terminal acetylenes is 1. The van der Waals surface area contributed by atoms with Crippen molar-refractivity contribution in [3.05, 3.63) is 0 Å². The number of nitrogens with one attached hydrogen (secondary N) is 1. The Bertz CT molecular complexity index is 307. The van der Waals surface area contributed by atoms with Gasteiger partial charge in [0.1, 0.15) is 5.60 Å². The molecule has 0 aliphatic carbocycles. The molecule has 1 saturated heterocycles. The highest BCUT2D eigenvalue weighted by molar-refractivity contribution is 5.72. The summed E-state index contributed by atoms with van der Waals surface area (Å²) >= 11 is 0. The second-order valence-corrected chi connectivity index (χ2v) is 5.72. The van der Waals surface area contributed by atoms with E-state index < -0.39 is 5.60 Å². The number of carbonyl (C=O) groups is 1. The Morgan fingerprint density at radius 2 is 2.06 bits per heavy atom. The molecule has 4 nitrogen and oxygen atoms in total. The molecule has 0 unspecified atom stereocenters. The first kappa shape index (κ1) is 15.0. The van der Waals surface area contributed by atoms with Crippen molar-refractivity contribution >= 4 is 5.97 Å². The Labute approximate surface area is 110 Å². The van der Waals surface area contributed by atoms with E-state index in [-0.39, 0.29) is 12.5 Å². The topological polar surface area (TPSA) is 41.6 Å². The van der Waals surface area contributed by atoms with Gasteiger partial charge in [0.05, 0.1) is 13.1 Å². The third-order valence-electron chi connectivity index (χ3n) is 2.86. The number of nitrogens with zero attached hydrogens (tertiary/aromatic N) is 1. The van der Waals surface area contributed by atoms with Gasteiger partial charge in [0.2, 0.25) is 0 Å². The number of esters is 1. The molecule has 0 bridgehead atoms. The second-order valence-electron chi connectivity index (χ2n) is 5.72. The minimum atomic E-state index is -0.408. The number of hydrogen-bond acceptors (Lipinski definition) is 4. The van der Waals surface area contributed by atoms with Crippen molar-refractivity contribution < 1.29 is 9.53 Å².